The Morgan fingerprint density at radius 3 is 3.17 bits per heavy atom. The molecular formula is C19H17NO2S. The van der Waals surface area contributed by atoms with Crippen molar-refractivity contribution in [3.8, 4) is 11.8 Å². The highest BCUT2D eigenvalue weighted by molar-refractivity contribution is 7.10. The van der Waals surface area contributed by atoms with Crippen LogP contribution in [0.2, 0.25) is 0 Å². The number of esters is 1. The molecule has 23 heavy (non-hydrogen) atoms. The number of carbonyl (C=O) groups excluding carboxylic acids is 1. The molecule has 1 unspecified atom stereocenters. The average Bonchev–Trinajstić information content (AvgIpc) is 3.24. The summed E-state index contributed by atoms with van der Waals surface area (Å²) in [6, 6.07) is 4.73. The third-order valence-corrected chi connectivity index (χ3v) is 6.30. The molecule has 1 aromatic rings. The molecule has 0 amide bonds. The number of carbonyl (C=O) groups is 1. The van der Waals surface area contributed by atoms with Gasteiger partial charge in [0.1, 0.15) is 0 Å². The first kappa shape index (κ1) is 13.6. The van der Waals surface area contributed by atoms with Crippen molar-refractivity contribution >= 4 is 17.3 Å². The lowest BCUT2D eigenvalue weighted by molar-refractivity contribution is -0.148. The summed E-state index contributed by atoms with van der Waals surface area (Å²) in [4.78, 5) is 15.6. The predicted molar refractivity (Wildman–Crippen MR) is 88.9 cm³/mol. The first-order valence-corrected chi connectivity index (χ1v) is 9.13. The highest BCUT2D eigenvalue weighted by Gasteiger charge is 2.61. The summed E-state index contributed by atoms with van der Waals surface area (Å²) in [5.41, 5.74) is 1.59. The van der Waals surface area contributed by atoms with E-state index in [1.807, 2.05) is 17.5 Å². The van der Waals surface area contributed by atoms with Gasteiger partial charge in [-0.25, -0.2) is 4.79 Å². The summed E-state index contributed by atoms with van der Waals surface area (Å²) in [5, 5.41) is 2.03. The summed E-state index contributed by atoms with van der Waals surface area (Å²) in [6.45, 7) is 1.10. The minimum absolute atomic E-state index is 0.197. The highest BCUT2D eigenvalue weighted by Crippen LogP contribution is 2.53. The second-order valence-electron chi connectivity index (χ2n) is 6.70. The number of thiophene rings is 1. The fourth-order valence-electron chi connectivity index (χ4n) is 4.65. The van der Waals surface area contributed by atoms with Crippen LogP contribution >= 0.6 is 11.3 Å². The molecule has 4 aliphatic rings. The molecule has 0 saturated carbocycles. The van der Waals surface area contributed by atoms with E-state index < -0.39 is 5.60 Å². The quantitative estimate of drug-likeness (QED) is 0.543. The lowest BCUT2D eigenvalue weighted by Gasteiger charge is -2.38. The van der Waals surface area contributed by atoms with Crippen molar-refractivity contribution in [2.75, 3.05) is 6.54 Å². The Kier molecular flexibility index (Phi) is 2.86. The van der Waals surface area contributed by atoms with Crippen LogP contribution in [0.3, 0.4) is 0 Å². The first-order valence-electron chi connectivity index (χ1n) is 8.25. The van der Waals surface area contributed by atoms with E-state index in [2.05, 4.69) is 22.8 Å². The summed E-state index contributed by atoms with van der Waals surface area (Å²) in [7, 11) is 0. The molecule has 116 valence electrons. The molecule has 4 heterocycles. The van der Waals surface area contributed by atoms with Gasteiger partial charge in [0, 0.05) is 29.7 Å². The smallest absolute Gasteiger partial charge is 0.332 e. The molecular weight excluding hydrogens is 306 g/mol. The molecule has 0 aromatic carbocycles. The Hall–Kier alpha value is -1.83. The fraction of sp³-hybridized carbons (Fsp3) is 0.421. The molecule has 3 nitrogen and oxygen atoms in total. The van der Waals surface area contributed by atoms with Crippen LogP contribution in [-0.2, 0) is 9.53 Å². The second kappa shape index (κ2) is 4.83. The zero-order chi connectivity index (χ0) is 15.4. The third-order valence-electron chi connectivity index (χ3n) is 5.51. The first-order chi connectivity index (χ1) is 11.3. The van der Waals surface area contributed by atoms with Crippen LogP contribution in [0.1, 0.15) is 30.6 Å². The van der Waals surface area contributed by atoms with E-state index in [-0.39, 0.29) is 5.97 Å². The molecule has 1 aromatic heterocycles. The van der Waals surface area contributed by atoms with E-state index in [1.54, 1.807) is 17.4 Å². The SMILES string of the molecule is O=C1C=C2C(C#Cc3cccs3)=C[C@@H]3CC2(O1)[C@H]1CCCCN31. The van der Waals surface area contributed by atoms with Gasteiger partial charge in [-0.3, -0.25) is 4.90 Å². The zero-order valence-electron chi connectivity index (χ0n) is 12.7. The molecule has 2 bridgehead atoms. The molecule has 1 spiro atoms. The summed E-state index contributed by atoms with van der Waals surface area (Å²) < 4.78 is 5.90. The van der Waals surface area contributed by atoms with E-state index in [4.69, 9.17) is 4.74 Å². The molecule has 1 aliphatic carbocycles. The number of hydrogen-bond acceptors (Lipinski definition) is 4. The van der Waals surface area contributed by atoms with E-state index >= 15 is 0 Å². The van der Waals surface area contributed by atoms with Gasteiger partial charge in [0.05, 0.1) is 10.9 Å². The number of rotatable bonds is 0. The minimum Gasteiger partial charge on any atom is -0.449 e. The topological polar surface area (TPSA) is 29.5 Å². The maximum atomic E-state index is 12.1. The molecule has 4 heteroatoms. The van der Waals surface area contributed by atoms with Gasteiger partial charge in [-0.1, -0.05) is 30.4 Å². The van der Waals surface area contributed by atoms with Crippen LogP contribution in [0.4, 0.5) is 0 Å². The van der Waals surface area contributed by atoms with Crippen molar-refractivity contribution in [2.45, 2.75) is 43.4 Å². The van der Waals surface area contributed by atoms with Crippen LogP contribution in [0.15, 0.2) is 40.8 Å². The van der Waals surface area contributed by atoms with Gasteiger partial charge in [0.15, 0.2) is 5.60 Å². The number of piperidine rings is 1. The molecule has 3 aliphatic heterocycles. The van der Waals surface area contributed by atoms with Crippen molar-refractivity contribution in [1.82, 2.24) is 4.90 Å². The third kappa shape index (κ3) is 1.90. The van der Waals surface area contributed by atoms with Gasteiger partial charge in [0.25, 0.3) is 0 Å². The summed E-state index contributed by atoms with van der Waals surface area (Å²) >= 11 is 1.64. The number of nitrogens with zero attached hydrogens (tertiary/aromatic N) is 1. The number of hydrogen-bond donors (Lipinski definition) is 0. The van der Waals surface area contributed by atoms with Crippen LogP contribution in [0.5, 0.6) is 0 Å². The van der Waals surface area contributed by atoms with E-state index in [0.717, 1.165) is 35.4 Å². The van der Waals surface area contributed by atoms with Crippen molar-refractivity contribution < 1.29 is 9.53 Å². The lowest BCUT2D eigenvalue weighted by Crippen LogP contribution is -2.48. The van der Waals surface area contributed by atoms with Gasteiger partial charge in [-0.2, -0.15) is 0 Å². The highest BCUT2D eigenvalue weighted by atomic mass is 32.1. The van der Waals surface area contributed by atoms with Crippen molar-refractivity contribution in [3.05, 3.63) is 45.7 Å². The molecule has 2 saturated heterocycles. The zero-order valence-corrected chi connectivity index (χ0v) is 13.6. The second-order valence-corrected chi connectivity index (χ2v) is 7.64. The maximum absolute atomic E-state index is 12.1. The average molecular weight is 323 g/mol. The normalized spacial score (nSPS) is 34.7. The van der Waals surface area contributed by atoms with E-state index in [9.17, 15) is 4.79 Å². The van der Waals surface area contributed by atoms with Crippen molar-refractivity contribution in [2.24, 2.45) is 0 Å². The molecule has 2 fully saturated rings. The number of fused-ring (bicyclic) bond motifs is 3. The lowest BCUT2D eigenvalue weighted by atomic mass is 9.77. The van der Waals surface area contributed by atoms with Crippen LogP contribution in [-0.4, -0.2) is 35.1 Å². The van der Waals surface area contributed by atoms with Crippen LogP contribution < -0.4 is 0 Å². The van der Waals surface area contributed by atoms with Gasteiger partial charge in [-0.15, -0.1) is 11.3 Å². The predicted octanol–water partition coefficient (Wildman–Crippen LogP) is 2.89. The van der Waals surface area contributed by atoms with Crippen molar-refractivity contribution in [3.63, 3.8) is 0 Å². The van der Waals surface area contributed by atoms with Crippen LogP contribution in [0.25, 0.3) is 0 Å². The van der Waals surface area contributed by atoms with E-state index in [0.29, 0.717) is 12.1 Å². The van der Waals surface area contributed by atoms with Gasteiger partial charge >= 0.3 is 5.97 Å². The summed E-state index contributed by atoms with van der Waals surface area (Å²) in [5.74, 6) is 6.36. The van der Waals surface area contributed by atoms with Gasteiger partial charge in [-0.05, 0) is 30.8 Å². The van der Waals surface area contributed by atoms with Crippen LogP contribution in [0, 0.1) is 11.8 Å². The molecule has 5 rings (SSSR count). The maximum Gasteiger partial charge on any atom is 0.332 e. The minimum atomic E-state index is -0.434. The largest absolute Gasteiger partial charge is 0.449 e. The Bertz CT molecular complexity index is 795. The molecule has 3 atom stereocenters. The van der Waals surface area contributed by atoms with E-state index in [1.165, 1.54) is 12.8 Å². The van der Waals surface area contributed by atoms with Crippen molar-refractivity contribution in [1.29, 1.82) is 0 Å². The summed E-state index contributed by atoms with van der Waals surface area (Å²) in [6.07, 6.45) is 8.41. The molecule has 0 N–H and O–H groups in total. The Labute approximate surface area is 139 Å². The van der Waals surface area contributed by atoms with Gasteiger partial charge < -0.3 is 4.74 Å². The Morgan fingerprint density at radius 1 is 1.35 bits per heavy atom. The Balaban J connectivity index is 1.60. The monoisotopic (exact) mass is 323 g/mol. The molecule has 0 radical (unpaired) electrons. The standard InChI is InChI=1S/C19H17NO2S/c21-18-11-16-13(6-7-15-4-3-9-23-15)10-14-12-19(16,22-18)17-5-1-2-8-20(14)17/h3-4,9-11,14,17H,1-2,5,8,12H2/t14-,17-,19?/m1/s1. The number of ether oxygens (including phenoxy) is 1. The van der Waals surface area contributed by atoms with Gasteiger partial charge in [0.2, 0.25) is 0 Å². The Morgan fingerprint density at radius 2 is 2.30 bits per heavy atom. The fourth-order valence-corrected chi connectivity index (χ4v) is 5.22.